The van der Waals surface area contributed by atoms with Crippen LogP contribution in [-0.2, 0) is 11.1 Å². The fourth-order valence-corrected chi connectivity index (χ4v) is 5.62. The smallest absolute Gasteiger partial charge is 0.116 e. The Morgan fingerprint density at radius 2 is 1.09 bits per heavy atom. The molecule has 2 heteroatoms. The van der Waals surface area contributed by atoms with Gasteiger partial charge in [0.15, 0.2) is 0 Å². The van der Waals surface area contributed by atoms with Gasteiger partial charge in [-0.05, 0) is 29.4 Å². The number of rotatable bonds is 2. The molecular formula is C21H18N2. The Morgan fingerprint density at radius 3 is 1.48 bits per heavy atom. The summed E-state index contributed by atoms with van der Waals surface area (Å²) in [6.45, 7) is 0. The molecule has 112 valence electrons. The molecule has 2 aliphatic heterocycles. The summed E-state index contributed by atoms with van der Waals surface area (Å²) >= 11 is 0. The fourth-order valence-electron chi connectivity index (χ4n) is 5.62. The van der Waals surface area contributed by atoms with Crippen molar-refractivity contribution in [1.82, 2.24) is 0 Å². The van der Waals surface area contributed by atoms with Crippen LogP contribution in [0.15, 0.2) is 83.0 Å². The van der Waals surface area contributed by atoms with Crippen LogP contribution in [0.2, 0.25) is 0 Å². The molecule has 0 saturated heterocycles. The highest BCUT2D eigenvalue weighted by Crippen LogP contribution is 2.77. The predicted molar refractivity (Wildman–Crippen MR) is 88.8 cm³/mol. The summed E-state index contributed by atoms with van der Waals surface area (Å²) in [5.74, 6) is 2.31. The van der Waals surface area contributed by atoms with Crippen molar-refractivity contribution in [3.63, 3.8) is 0 Å². The predicted octanol–water partition coefficient (Wildman–Crippen LogP) is 4.70. The molecule has 2 heterocycles. The summed E-state index contributed by atoms with van der Waals surface area (Å²) in [7, 11) is 0. The largest absolute Gasteiger partial charge is 0.181 e. The van der Waals surface area contributed by atoms with Gasteiger partial charge in [-0.3, -0.25) is 0 Å². The van der Waals surface area contributed by atoms with Crippen molar-refractivity contribution in [2.45, 2.75) is 17.5 Å². The van der Waals surface area contributed by atoms with Crippen molar-refractivity contribution in [2.75, 3.05) is 0 Å². The van der Waals surface area contributed by atoms with Crippen LogP contribution in [0.1, 0.15) is 17.5 Å². The van der Waals surface area contributed by atoms with Crippen molar-refractivity contribution in [2.24, 2.45) is 33.9 Å². The molecule has 2 bridgehead atoms. The van der Waals surface area contributed by atoms with E-state index in [9.17, 15) is 0 Å². The zero-order valence-electron chi connectivity index (χ0n) is 12.8. The molecule has 2 aromatic carbocycles. The summed E-state index contributed by atoms with van der Waals surface area (Å²) in [6, 6.07) is 21.7. The molecule has 7 rings (SSSR count). The van der Waals surface area contributed by atoms with E-state index in [2.05, 4.69) is 72.8 Å². The van der Waals surface area contributed by atoms with Crippen molar-refractivity contribution < 1.29 is 0 Å². The highest BCUT2D eigenvalue weighted by Gasteiger charge is 2.77. The minimum atomic E-state index is -0.0954. The highest BCUT2D eigenvalue weighted by atomic mass is 15.3. The Hall–Kier alpha value is -2.22. The fraction of sp³-hybridized carbons (Fsp3) is 0.333. The Morgan fingerprint density at radius 1 is 0.652 bits per heavy atom. The second kappa shape index (κ2) is 3.81. The van der Waals surface area contributed by atoms with Gasteiger partial charge in [-0.25, -0.2) is 0 Å². The zero-order chi connectivity index (χ0) is 15.1. The Kier molecular flexibility index (Phi) is 2.03. The molecule has 0 spiro atoms. The van der Waals surface area contributed by atoms with Crippen LogP contribution >= 0.6 is 0 Å². The summed E-state index contributed by atoms with van der Waals surface area (Å²) in [6.07, 6.45) is 6.04. The third-order valence-electron chi connectivity index (χ3n) is 6.70. The summed E-state index contributed by atoms with van der Waals surface area (Å²) in [5, 5.41) is 10.1. The quantitative estimate of drug-likeness (QED) is 0.718. The van der Waals surface area contributed by atoms with Gasteiger partial charge in [0.05, 0.1) is 0 Å². The lowest BCUT2D eigenvalue weighted by Crippen LogP contribution is -2.58. The van der Waals surface area contributed by atoms with E-state index in [1.165, 1.54) is 17.5 Å². The molecular weight excluding hydrogens is 280 g/mol. The SMILES string of the molecule is C1=CC2C1C1(c3ccccc3)N=NC2(c2ccccc2)C2CC21. The molecule has 2 saturated carbocycles. The molecule has 6 atom stereocenters. The van der Waals surface area contributed by atoms with Gasteiger partial charge in [-0.15, -0.1) is 0 Å². The van der Waals surface area contributed by atoms with Crippen LogP contribution in [0.25, 0.3) is 0 Å². The van der Waals surface area contributed by atoms with Crippen LogP contribution in [0.4, 0.5) is 0 Å². The van der Waals surface area contributed by atoms with Crippen LogP contribution < -0.4 is 0 Å². The van der Waals surface area contributed by atoms with Gasteiger partial charge in [0.1, 0.15) is 11.1 Å². The lowest BCUT2D eigenvalue weighted by molar-refractivity contribution is 0.0165. The van der Waals surface area contributed by atoms with Gasteiger partial charge < -0.3 is 0 Å². The molecule has 0 radical (unpaired) electrons. The maximum absolute atomic E-state index is 5.03. The van der Waals surface area contributed by atoms with Crippen molar-refractivity contribution in [3.05, 3.63) is 83.9 Å². The Balaban J connectivity index is 1.60. The first-order valence-electron chi connectivity index (χ1n) is 8.61. The maximum Gasteiger partial charge on any atom is 0.116 e. The normalized spacial score (nSPS) is 44.3. The number of hydrogen-bond acceptors (Lipinski definition) is 2. The molecule has 5 aliphatic rings. The van der Waals surface area contributed by atoms with Gasteiger partial charge in [0, 0.05) is 11.8 Å². The van der Waals surface area contributed by atoms with Gasteiger partial charge in [-0.1, -0.05) is 72.8 Å². The summed E-state index contributed by atoms with van der Waals surface area (Å²) in [5.41, 5.74) is 2.53. The van der Waals surface area contributed by atoms with E-state index in [1.807, 2.05) is 0 Å². The lowest BCUT2D eigenvalue weighted by atomic mass is 9.51. The molecule has 2 fully saturated rings. The average Bonchev–Trinajstić information content (AvgIpc) is 3.39. The lowest BCUT2D eigenvalue weighted by Gasteiger charge is -2.58. The van der Waals surface area contributed by atoms with E-state index in [0.29, 0.717) is 23.7 Å². The second-order valence-electron chi connectivity index (χ2n) is 7.47. The van der Waals surface area contributed by atoms with Crippen LogP contribution in [0, 0.1) is 23.7 Å². The average molecular weight is 298 g/mol. The third kappa shape index (κ3) is 1.21. The van der Waals surface area contributed by atoms with E-state index in [-0.39, 0.29) is 11.1 Å². The highest BCUT2D eigenvalue weighted by molar-refractivity contribution is 5.47. The number of hydrogen-bond donors (Lipinski definition) is 0. The number of nitrogens with zero attached hydrogens (tertiary/aromatic N) is 2. The molecule has 2 aromatic rings. The Bertz CT molecular complexity index is 771. The first-order chi connectivity index (χ1) is 11.4. The van der Waals surface area contributed by atoms with E-state index >= 15 is 0 Å². The second-order valence-corrected chi connectivity index (χ2v) is 7.47. The monoisotopic (exact) mass is 298 g/mol. The van der Waals surface area contributed by atoms with Gasteiger partial charge in [-0.2, -0.15) is 10.2 Å². The molecule has 3 aliphatic carbocycles. The van der Waals surface area contributed by atoms with Crippen LogP contribution in [-0.4, -0.2) is 0 Å². The summed E-state index contributed by atoms with van der Waals surface area (Å²) in [4.78, 5) is 0. The van der Waals surface area contributed by atoms with Gasteiger partial charge in [0.25, 0.3) is 0 Å². The van der Waals surface area contributed by atoms with Crippen LogP contribution in [0.3, 0.4) is 0 Å². The molecule has 2 nitrogen and oxygen atoms in total. The van der Waals surface area contributed by atoms with E-state index < -0.39 is 0 Å². The molecule has 0 N–H and O–H groups in total. The maximum atomic E-state index is 5.03. The molecule has 0 amide bonds. The first kappa shape index (κ1) is 12.2. The number of azo groups is 1. The van der Waals surface area contributed by atoms with Crippen molar-refractivity contribution in [1.29, 1.82) is 0 Å². The van der Waals surface area contributed by atoms with E-state index in [0.717, 1.165) is 0 Å². The van der Waals surface area contributed by atoms with E-state index in [4.69, 9.17) is 10.2 Å². The molecule has 0 aromatic heterocycles. The molecule has 23 heavy (non-hydrogen) atoms. The molecule has 6 unspecified atom stereocenters. The number of benzene rings is 2. The standard InChI is InChI=1S/C21H18N2/c1-3-7-14(8-4-1)20-16-11-12-17(16)21(23-22-20,19-13-18(19)20)15-9-5-2-6-10-15/h1-12,16-19H,13H2. The third-order valence-corrected chi connectivity index (χ3v) is 6.70. The summed E-state index contributed by atoms with van der Waals surface area (Å²) < 4.78 is 0. The van der Waals surface area contributed by atoms with Crippen molar-refractivity contribution in [3.8, 4) is 0 Å². The van der Waals surface area contributed by atoms with Crippen molar-refractivity contribution >= 4 is 0 Å². The Labute approximate surface area is 136 Å². The first-order valence-corrected chi connectivity index (χ1v) is 8.61. The van der Waals surface area contributed by atoms with Crippen LogP contribution in [0.5, 0.6) is 0 Å². The minimum absolute atomic E-state index is 0.0954. The minimum Gasteiger partial charge on any atom is -0.181 e. The van der Waals surface area contributed by atoms with Gasteiger partial charge >= 0.3 is 0 Å². The topological polar surface area (TPSA) is 24.7 Å². The van der Waals surface area contributed by atoms with Gasteiger partial charge in [0.2, 0.25) is 0 Å². The van der Waals surface area contributed by atoms with E-state index in [1.54, 1.807) is 0 Å². The zero-order valence-corrected chi connectivity index (χ0v) is 12.8.